The second-order valence-corrected chi connectivity index (χ2v) is 3.99. The highest BCUT2D eigenvalue weighted by Crippen LogP contribution is 1.96. The molecule has 0 aromatic rings. The van der Waals surface area contributed by atoms with Crippen molar-refractivity contribution in [1.82, 2.24) is 0 Å². The van der Waals surface area contributed by atoms with Gasteiger partial charge in [-0.1, -0.05) is 13.8 Å². The molecule has 0 aliphatic carbocycles. The van der Waals surface area contributed by atoms with Crippen molar-refractivity contribution >= 4 is 15.7 Å². The van der Waals surface area contributed by atoms with Crippen LogP contribution < -0.4 is 0 Å². The Kier molecular flexibility index (Phi) is 5.48. The molecule has 62 valence electrons. The largest absolute Gasteiger partial charge is 0.525 e. The predicted octanol–water partition coefficient (Wildman–Crippen LogP) is 0.601. The minimum atomic E-state index is -0.762. The first-order valence-electron chi connectivity index (χ1n) is 3.72. The molecule has 0 spiro atoms. The van der Waals surface area contributed by atoms with E-state index in [1.165, 1.54) is 0 Å². The van der Waals surface area contributed by atoms with Crippen LogP contribution in [0, 0.1) is 17.2 Å². The van der Waals surface area contributed by atoms with Gasteiger partial charge in [0, 0.05) is 12.3 Å². The fourth-order valence-corrected chi connectivity index (χ4v) is 1.47. The van der Waals surface area contributed by atoms with Crippen molar-refractivity contribution in [3.63, 3.8) is 0 Å². The van der Waals surface area contributed by atoms with Gasteiger partial charge in [0.1, 0.15) is 0 Å². The Balaban J connectivity index is 3.26. The van der Waals surface area contributed by atoms with Gasteiger partial charge in [-0.3, -0.25) is 4.79 Å². The molecule has 11 heavy (non-hydrogen) atoms. The average Bonchev–Trinajstić information content (AvgIpc) is 1.97. The summed E-state index contributed by atoms with van der Waals surface area (Å²) in [4.78, 5) is 10.8. The molecule has 0 radical (unpaired) electrons. The van der Waals surface area contributed by atoms with Crippen LogP contribution >= 0.6 is 0 Å². The summed E-state index contributed by atoms with van der Waals surface area (Å²) in [5.41, 5.74) is 0. The third kappa shape index (κ3) is 5.61. The Morgan fingerprint density at radius 1 is 1.73 bits per heavy atom. The van der Waals surface area contributed by atoms with E-state index in [0.29, 0.717) is 6.42 Å². The van der Waals surface area contributed by atoms with Crippen LogP contribution in [0.1, 0.15) is 20.3 Å². The van der Waals surface area contributed by atoms with Crippen LogP contribution in [0.4, 0.5) is 0 Å². The van der Waals surface area contributed by atoms with Gasteiger partial charge in [0.05, 0.1) is 6.07 Å². The SMILES string of the molecule is CC(C)C(=O)O[SiH2]CCC#N. The number of hydrogen-bond acceptors (Lipinski definition) is 3. The normalized spacial score (nSPS) is 10.4. The Hall–Kier alpha value is -0.823. The molecule has 0 aromatic carbocycles. The number of nitrogens with zero attached hydrogens (tertiary/aromatic N) is 1. The zero-order valence-electron chi connectivity index (χ0n) is 6.96. The number of rotatable bonds is 4. The molecule has 0 aromatic heterocycles. The first-order valence-corrected chi connectivity index (χ1v) is 5.29. The molecule has 3 nitrogen and oxygen atoms in total. The van der Waals surface area contributed by atoms with Crippen molar-refractivity contribution in [2.75, 3.05) is 0 Å². The van der Waals surface area contributed by atoms with Crippen molar-refractivity contribution in [2.24, 2.45) is 5.92 Å². The maximum atomic E-state index is 10.8. The molecule has 0 saturated heterocycles. The smallest absolute Gasteiger partial charge is 0.294 e. The highest BCUT2D eigenvalue weighted by Gasteiger charge is 2.06. The minimum Gasteiger partial charge on any atom is -0.525 e. The van der Waals surface area contributed by atoms with Crippen LogP contribution in [0.15, 0.2) is 0 Å². The van der Waals surface area contributed by atoms with Crippen LogP contribution in [0.5, 0.6) is 0 Å². The summed E-state index contributed by atoms with van der Waals surface area (Å²) in [7, 11) is -0.762. The van der Waals surface area contributed by atoms with Gasteiger partial charge in [-0.15, -0.1) is 0 Å². The molecule has 0 saturated carbocycles. The van der Waals surface area contributed by atoms with Crippen molar-refractivity contribution in [1.29, 1.82) is 5.26 Å². The van der Waals surface area contributed by atoms with E-state index in [4.69, 9.17) is 9.69 Å². The van der Waals surface area contributed by atoms with E-state index in [1.807, 2.05) is 6.07 Å². The molecule has 0 atom stereocenters. The Bertz CT molecular complexity index is 162. The third-order valence-corrected chi connectivity index (χ3v) is 2.28. The Morgan fingerprint density at radius 3 is 2.82 bits per heavy atom. The monoisotopic (exact) mass is 171 g/mol. The maximum absolute atomic E-state index is 10.8. The standard InChI is InChI=1S/C7H13NO2Si/c1-6(2)7(9)10-11-5-3-4-8/h6H,3,5,11H2,1-2H3. The lowest BCUT2D eigenvalue weighted by atomic mass is 10.2. The summed E-state index contributed by atoms with van der Waals surface area (Å²) in [6, 6.07) is 2.79. The lowest BCUT2D eigenvalue weighted by molar-refractivity contribution is -0.137. The molecule has 4 heteroatoms. The second-order valence-electron chi connectivity index (χ2n) is 2.58. The summed E-state index contributed by atoms with van der Waals surface area (Å²) in [5.74, 6) is -0.167. The van der Waals surface area contributed by atoms with Gasteiger partial charge in [0.15, 0.2) is 0 Å². The fraction of sp³-hybridized carbons (Fsp3) is 0.714. The maximum Gasteiger partial charge on any atom is 0.294 e. The molecule has 0 N–H and O–H groups in total. The van der Waals surface area contributed by atoms with Crippen molar-refractivity contribution in [2.45, 2.75) is 26.3 Å². The van der Waals surface area contributed by atoms with Crippen molar-refractivity contribution in [3.8, 4) is 6.07 Å². The van der Waals surface area contributed by atoms with Gasteiger partial charge >= 0.3 is 0 Å². The molecule has 0 unspecified atom stereocenters. The Morgan fingerprint density at radius 2 is 2.36 bits per heavy atom. The summed E-state index contributed by atoms with van der Waals surface area (Å²) < 4.78 is 4.95. The van der Waals surface area contributed by atoms with Gasteiger partial charge in [-0.2, -0.15) is 5.26 Å². The zero-order chi connectivity index (χ0) is 8.69. The molecular weight excluding hydrogens is 158 g/mol. The van der Waals surface area contributed by atoms with Gasteiger partial charge in [0.25, 0.3) is 5.97 Å². The highest BCUT2D eigenvalue weighted by molar-refractivity contribution is 6.30. The number of hydrogen-bond donors (Lipinski definition) is 0. The van der Waals surface area contributed by atoms with E-state index in [2.05, 4.69) is 0 Å². The Labute approximate surface area is 69.3 Å². The fourth-order valence-electron chi connectivity index (χ4n) is 0.491. The van der Waals surface area contributed by atoms with Crippen LogP contribution in [-0.2, 0) is 9.22 Å². The summed E-state index contributed by atoms with van der Waals surface area (Å²) >= 11 is 0. The van der Waals surface area contributed by atoms with Crippen molar-refractivity contribution < 1.29 is 9.22 Å². The quantitative estimate of drug-likeness (QED) is 0.460. The summed E-state index contributed by atoms with van der Waals surface area (Å²) in [5, 5.41) is 8.17. The number of nitriles is 1. The summed E-state index contributed by atoms with van der Waals surface area (Å²) in [6.45, 7) is 3.61. The van der Waals surface area contributed by atoms with E-state index in [0.717, 1.165) is 6.04 Å². The lowest BCUT2D eigenvalue weighted by Crippen LogP contribution is -2.14. The molecular formula is C7H13NO2Si. The van der Waals surface area contributed by atoms with Gasteiger partial charge in [0.2, 0.25) is 9.76 Å². The van der Waals surface area contributed by atoms with E-state index >= 15 is 0 Å². The van der Waals surface area contributed by atoms with E-state index < -0.39 is 9.76 Å². The molecule has 0 aliphatic rings. The minimum absolute atomic E-state index is 0.0374. The van der Waals surface area contributed by atoms with Gasteiger partial charge < -0.3 is 4.43 Å². The first kappa shape index (κ1) is 10.2. The van der Waals surface area contributed by atoms with Gasteiger partial charge in [-0.05, 0) is 6.04 Å². The highest BCUT2D eigenvalue weighted by atomic mass is 28.2. The van der Waals surface area contributed by atoms with Crippen LogP contribution in [0.2, 0.25) is 6.04 Å². The van der Waals surface area contributed by atoms with Crippen molar-refractivity contribution in [3.05, 3.63) is 0 Å². The topological polar surface area (TPSA) is 50.1 Å². The van der Waals surface area contributed by atoms with E-state index in [9.17, 15) is 4.79 Å². The number of carbonyl (C=O) groups is 1. The van der Waals surface area contributed by atoms with E-state index in [-0.39, 0.29) is 11.9 Å². The molecule has 0 bridgehead atoms. The molecule has 0 heterocycles. The summed E-state index contributed by atoms with van der Waals surface area (Å²) in [6.07, 6.45) is 0.512. The lowest BCUT2D eigenvalue weighted by Gasteiger charge is -2.04. The van der Waals surface area contributed by atoms with Crippen LogP contribution in [0.3, 0.4) is 0 Å². The zero-order valence-corrected chi connectivity index (χ0v) is 8.38. The molecule has 0 aliphatic heterocycles. The van der Waals surface area contributed by atoms with E-state index in [1.54, 1.807) is 13.8 Å². The molecule has 0 amide bonds. The van der Waals surface area contributed by atoms with Crippen LogP contribution in [0.25, 0.3) is 0 Å². The first-order chi connectivity index (χ1) is 5.18. The van der Waals surface area contributed by atoms with Gasteiger partial charge in [-0.25, -0.2) is 0 Å². The number of carbonyl (C=O) groups excluding carboxylic acids is 1. The second kappa shape index (κ2) is 5.92. The molecule has 0 rings (SSSR count). The molecule has 0 fully saturated rings. The van der Waals surface area contributed by atoms with Crippen LogP contribution in [-0.4, -0.2) is 15.7 Å². The average molecular weight is 171 g/mol. The third-order valence-electron chi connectivity index (χ3n) is 1.15. The predicted molar refractivity (Wildman–Crippen MR) is 44.5 cm³/mol.